The Kier molecular flexibility index (Phi) is 10.5. The first-order valence-corrected chi connectivity index (χ1v) is 22.3. The highest BCUT2D eigenvalue weighted by atomic mass is 16.3. The van der Waals surface area contributed by atoms with Crippen molar-refractivity contribution in [1.29, 1.82) is 0 Å². The standard InChI is InChI=1S/C59H52N4O2/c1-37-27-45(62-51-19-11-7-15-47(51)48-16-8-12-20-52(48)62)28-38(2)57(37)41-23-25-43(55(64)31-41)33-60-35-59(5,6)36-61-34-44-26-24-42(32-56(44)65)58-39(3)29-46(30-40(58)4)63-53-21-13-9-17-49(53)50-18-10-14-22-54(50)63/h7-34,64-65H,35-36H2,1-6H3/b60-33+,61-34+. The number of aromatic hydroxyl groups is 2. The topological polar surface area (TPSA) is 75.0 Å². The molecule has 2 aromatic heterocycles. The van der Waals surface area contributed by atoms with Gasteiger partial charge in [-0.2, -0.15) is 0 Å². The summed E-state index contributed by atoms with van der Waals surface area (Å²) in [6, 6.07) is 54.9. The van der Waals surface area contributed by atoms with E-state index in [1.807, 2.05) is 24.3 Å². The van der Waals surface area contributed by atoms with Gasteiger partial charge in [-0.15, -0.1) is 0 Å². The molecule has 8 aromatic carbocycles. The van der Waals surface area contributed by atoms with Crippen LogP contribution in [0, 0.1) is 33.1 Å². The number of aromatic nitrogens is 2. The molecule has 6 nitrogen and oxygen atoms in total. The molecule has 10 aromatic rings. The number of aryl methyl sites for hydroxylation is 4. The Bertz CT molecular complexity index is 3160. The number of fused-ring (bicyclic) bond motifs is 6. The maximum Gasteiger partial charge on any atom is 0.124 e. The van der Waals surface area contributed by atoms with E-state index in [0.717, 1.165) is 55.9 Å². The summed E-state index contributed by atoms with van der Waals surface area (Å²) in [6.45, 7) is 13.8. The van der Waals surface area contributed by atoms with Crippen LogP contribution in [0.4, 0.5) is 0 Å². The monoisotopic (exact) mass is 848 g/mol. The fourth-order valence-electron chi connectivity index (χ4n) is 9.90. The predicted molar refractivity (Wildman–Crippen MR) is 273 cm³/mol. The van der Waals surface area contributed by atoms with Gasteiger partial charge in [0.15, 0.2) is 0 Å². The number of para-hydroxylation sites is 4. The lowest BCUT2D eigenvalue weighted by molar-refractivity contribution is 0.396. The van der Waals surface area contributed by atoms with Crippen molar-refractivity contribution in [1.82, 2.24) is 9.13 Å². The van der Waals surface area contributed by atoms with Crippen molar-refractivity contribution >= 4 is 56.0 Å². The molecule has 320 valence electrons. The summed E-state index contributed by atoms with van der Waals surface area (Å²) in [6.07, 6.45) is 3.50. The molecular formula is C59H52N4O2. The molecule has 0 fully saturated rings. The van der Waals surface area contributed by atoms with E-state index in [-0.39, 0.29) is 16.9 Å². The van der Waals surface area contributed by atoms with E-state index in [0.29, 0.717) is 24.2 Å². The molecule has 0 unspecified atom stereocenters. The number of benzene rings is 8. The largest absolute Gasteiger partial charge is 0.507 e. The molecule has 10 rings (SSSR count). The molecule has 0 saturated heterocycles. The molecule has 0 bridgehead atoms. The highest BCUT2D eigenvalue weighted by Gasteiger charge is 2.19. The fraction of sp³-hybridized carbons (Fsp3) is 0.153. The first kappa shape index (κ1) is 41.3. The van der Waals surface area contributed by atoms with Crippen LogP contribution in [-0.2, 0) is 0 Å². The van der Waals surface area contributed by atoms with Crippen LogP contribution in [0.1, 0.15) is 47.2 Å². The summed E-state index contributed by atoms with van der Waals surface area (Å²) < 4.78 is 4.69. The lowest BCUT2D eigenvalue weighted by Crippen LogP contribution is -2.19. The smallest absolute Gasteiger partial charge is 0.124 e. The molecule has 2 N–H and O–H groups in total. The molecule has 65 heavy (non-hydrogen) atoms. The van der Waals surface area contributed by atoms with Crippen LogP contribution in [0.2, 0.25) is 0 Å². The van der Waals surface area contributed by atoms with Crippen LogP contribution in [0.3, 0.4) is 0 Å². The van der Waals surface area contributed by atoms with Gasteiger partial charge in [0.05, 0.1) is 22.1 Å². The minimum atomic E-state index is -0.253. The Morgan fingerprint density at radius 1 is 0.431 bits per heavy atom. The lowest BCUT2D eigenvalue weighted by Gasteiger charge is -2.19. The summed E-state index contributed by atoms with van der Waals surface area (Å²) in [5, 5.41) is 27.4. The number of hydrogen-bond donors (Lipinski definition) is 2. The van der Waals surface area contributed by atoms with Crippen LogP contribution in [-0.4, -0.2) is 44.9 Å². The van der Waals surface area contributed by atoms with Crippen molar-refractivity contribution in [2.24, 2.45) is 15.4 Å². The summed E-state index contributed by atoms with van der Waals surface area (Å²) in [5.74, 6) is 0.381. The Labute approximate surface area is 380 Å². The molecule has 0 aliphatic carbocycles. The van der Waals surface area contributed by atoms with Crippen molar-refractivity contribution in [2.75, 3.05) is 13.1 Å². The van der Waals surface area contributed by atoms with Crippen molar-refractivity contribution in [3.63, 3.8) is 0 Å². The number of rotatable bonds is 10. The highest BCUT2D eigenvalue weighted by Crippen LogP contribution is 2.39. The molecular weight excluding hydrogens is 797 g/mol. The second kappa shape index (κ2) is 16.5. The maximum absolute atomic E-state index is 11.2. The second-order valence-electron chi connectivity index (χ2n) is 18.3. The molecule has 6 heteroatoms. The van der Waals surface area contributed by atoms with E-state index in [4.69, 9.17) is 9.98 Å². The Balaban J connectivity index is 0.810. The predicted octanol–water partition coefficient (Wildman–Crippen LogP) is 14.4. The molecule has 0 saturated carbocycles. The van der Waals surface area contributed by atoms with Crippen LogP contribution in [0.5, 0.6) is 11.5 Å². The van der Waals surface area contributed by atoms with Crippen LogP contribution in [0.25, 0.3) is 77.2 Å². The second-order valence-corrected chi connectivity index (χ2v) is 18.3. The van der Waals surface area contributed by atoms with Gasteiger partial charge < -0.3 is 19.3 Å². The SMILES string of the molecule is Cc1cc(-n2c3ccccc3c3ccccc32)cc(C)c1-c1ccc(/C=N/CC(C)(C)C/N=C/c2ccc(-c3c(C)cc(-n4c5ccccc5c5ccccc54)cc3C)cc2O)c(O)c1. The van der Waals surface area contributed by atoms with Crippen molar-refractivity contribution < 1.29 is 10.2 Å². The third-order valence-electron chi connectivity index (χ3n) is 12.8. The first-order valence-electron chi connectivity index (χ1n) is 22.3. The molecule has 0 radical (unpaired) electrons. The third kappa shape index (κ3) is 7.55. The molecule has 0 atom stereocenters. The van der Waals surface area contributed by atoms with E-state index in [1.165, 1.54) is 43.6 Å². The highest BCUT2D eigenvalue weighted by molar-refractivity contribution is 6.10. The molecule has 0 spiro atoms. The van der Waals surface area contributed by atoms with E-state index >= 15 is 0 Å². The number of hydrogen-bond acceptors (Lipinski definition) is 4. The van der Waals surface area contributed by atoms with E-state index < -0.39 is 0 Å². The zero-order valence-corrected chi connectivity index (χ0v) is 37.8. The minimum absolute atomic E-state index is 0.191. The zero-order valence-electron chi connectivity index (χ0n) is 37.8. The first-order chi connectivity index (χ1) is 31.5. The number of nitrogens with zero attached hydrogens (tertiary/aromatic N) is 4. The quantitative estimate of drug-likeness (QED) is 0.135. The number of aliphatic imine (C=N–C) groups is 2. The molecule has 0 amide bonds. The van der Waals surface area contributed by atoms with Crippen molar-refractivity contribution in [3.05, 3.63) is 191 Å². The maximum atomic E-state index is 11.2. The average molecular weight is 849 g/mol. The van der Waals surface area contributed by atoms with E-state index in [9.17, 15) is 10.2 Å². The Morgan fingerprint density at radius 2 is 0.738 bits per heavy atom. The lowest BCUT2D eigenvalue weighted by atomic mass is 9.93. The van der Waals surface area contributed by atoms with Crippen molar-refractivity contribution in [2.45, 2.75) is 41.5 Å². The van der Waals surface area contributed by atoms with Gasteiger partial charge in [0, 0.05) is 75.0 Å². The number of phenols is 2. The molecule has 2 heterocycles. The number of phenolic OH excluding ortho intramolecular Hbond substituents is 2. The minimum Gasteiger partial charge on any atom is -0.507 e. The van der Waals surface area contributed by atoms with E-state index in [1.54, 1.807) is 12.4 Å². The summed E-state index contributed by atoms with van der Waals surface area (Å²) in [5.41, 5.74) is 16.8. The normalized spacial score (nSPS) is 12.3. The Hall–Kier alpha value is -7.70. The van der Waals surface area contributed by atoms with Gasteiger partial charge in [-0.25, -0.2) is 0 Å². The van der Waals surface area contributed by atoms with Gasteiger partial charge in [0.25, 0.3) is 0 Å². The van der Waals surface area contributed by atoms with Crippen LogP contribution in [0.15, 0.2) is 168 Å². The third-order valence-corrected chi connectivity index (χ3v) is 12.8. The summed E-state index contributed by atoms with van der Waals surface area (Å²) >= 11 is 0. The van der Waals surface area contributed by atoms with Gasteiger partial charge >= 0.3 is 0 Å². The molecule has 0 aliphatic heterocycles. The molecule has 0 aliphatic rings. The van der Waals surface area contributed by atoms with Crippen LogP contribution < -0.4 is 0 Å². The van der Waals surface area contributed by atoms with Gasteiger partial charge in [-0.3, -0.25) is 9.98 Å². The zero-order chi connectivity index (χ0) is 45.0. The summed E-state index contributed by atoms with van der Waals surface area (Å²) in [4.78, 5) is 9.49. The van der Waals surface area contributed by atoms with Gasteiger partial charge in [0.1, 0.15) is 11.5 Å². The van der Waals surface area contributed by atoms with Crippen LogP contribution >= 0.6 is 0 Å². The van der Waals surface area contributed by atoms with Gasteiger partial charge in [-0.1, -0.05) is 98.8 Å². The summed E-state index contributed by atoms with van der Waals surface area (Å²) in [7, 11) is 0. The van der Waals surface area contributed by atoms with E-state index in [2.05, 4.69) is 184 Å². The average Bonchev–Trinajstić information content (AvgIpc) is 3.80. The van der Waals surface area contributed by atoms with Gasteiger partial charge in [0.2, 0.25) is 0 Å². The van der Waals surface area contributed by atoms with Crippen molar-refractivity contribution in [3.8, 4) is 45.1 Å². The Morgan fingerprint density at radius 3 is 1.05 bits per heavy atom. The van der Waals surface area contributed by atoms with Gasteiger partial charge in [-0.05, 0) is 145 Å². The fourth-order valence-corrected chi connectivity index (χ4v) is 9.90.